The lowest BCUT2D eigenvalue weighted by molar-refractivity contribution is 0.0600. The molecule has 1 aliphatic rings. The van der Waals surface area contributed by atoms with Crippen LogP contribution in [-0.2, 0) is 4.74 Å². The van der Waals surface area contributed by atoms with Crippen molar-refractivity contribution in [2.75, 3.05) is 22.7 Å². The van der Waals surface area contributed by atoms with E-state index < -0.39 is 0 Å². The molecule has 0 N–H and O–H groups in total. The van der Waals surface area contributed by atoms with E-state index in [9.17, 15) is 4.79 Å². The van der Waals surface area contributed by atoms with E-state index in [4.69, 9.17) is 4.74 Å². The first kappa shape index (κ1) is 18.3. The summed E-state index contributed by atoms with van der Waals surface area (Å²) in [6, 6.07) is 4.64. The van der Waals surface area contributed by atoms with Crippen molar-refractivity contribution in [3.05, 3.63) is 27.7 Å². The lowest BCUT2D eigenvalue weighted by Gasteiger charge is -2.33. The summed E-state index contributed by atoms with van der Waals surface area (Å²) in [7, 11) is 1.42. The Kier molecular flexibility index (Phi) is 6.37. The number of hydrogen-bond donors (Lipinski definition) is 0. The summed E-state index contributed by atoms with van der Waals surface area (Å²) in [4.78, 5) is 14.4. The first-order valence-electron chi connectivity index (χ1n) is 7.28. The van der Waals surface area contributed by atoms with Gasteiger partial charge >= 0.3 is 5.97 Å². The van der Waals surface area contributed by atoms with Gasteiger partial charge in [-0.3, -0.25) is 0 Å². The van der Waals surface area contributed by atoms with E-state index in [2.05, 4.69) is 66.5 Å². The number of rotatable bonds is 5. The molecule has 6 heteroatoms. The van der Waals surface area contributed by atoms with Crippen molar-refractivity contribution in [2.24, 2.45) is 0 Å². The first-order valence-corrected chi connectivity index (χ1v) is 10.3. The van der Waals surface area contributed by atoms with Gasteiger partial charge < -0.3 is 9.64 Å². The normalized spacial score (nSPS) is 20.4. The molecule has 22 heavy (non-hydrogen) atoms. The van der Waals surface area contributed by atoms with Gasteiger partial charge in [-0.25, -0.2) is 4.79 Å². The molecule has 1 aromatic rings. The number of nitrogens with zero attached hydrogens (tertiary/aromatic N) is 1. The van der Waals surface area contributed by atoms with E-state index in [1.165, 1.54) is 18.4 Å². The Labute approximate surface area is 157 Å². The van der Waals surface area contributed by atoms with Crippen molar-refractivity contribution in [3.63, 3.8) is 0 Å². The lowest BCUT2D eigenvalue weighted by Crippen LogP contribution is -2.40. The zero-order chi connectivity index (χ0) is 16.4. The number of halogens is 3. The second kappa shape index (κ2) is 7.67. The molecule has 0 fully saturated rings. The molecule has 0 aliphatic carbocycles. The number of hydrogen-bond acceptors (Lipinski definition) is 3. The van der Waals surface area contributed by atoms with Crippen LogP contribution < -0.4 is 4.90 Å². The third kappa shape index (κ3) is 3.24. The fourth-order valence-electron chi connectivity index (χ4n) is 3.27. The summed E-state index contributed by atoms with van der Waals surface area (Å²) in [5.74, 6) is 0.0940. The molecular formula is C16H20Br3NO2. The predicted molar refractivity (Wildman–Crippen MR) is 102 cm³/mol. The molecule has 0 aromatic heterocycles. The number of carbonyl (C=O) groups excluding carboxylic acids is 1. The summed E-state index contributed by atoms with van der Waals surface area (Å²) in [6.45, 7) is 4.41. The monoisotopic (exact) mass is 495 g/mol. The highest BCUT2D eigenvalue weighted by Crippen LogP contribution is 2.48. The number of methoxy groups -OCH3 is 1. The van der Waals surface area contributed by atoms with Gasteiger partial charge in [-0.15, -0.1) is 0 Å². The average Bonchev–Trinajstić information content (AvgIpc) is 2.81. The first-order chi connectivity index (χ1) is 10.5. The minimum absolute atomic E-state index is 0.292. The Bertz CT molecular complexity index is 563. The van der Waals surface area contributed by atoms with Crippen molar-refractivity contribution in [3.8, 4) is 0 Å². The smallest absolute Gasteiger partial charge is 0.337 e. The van der Waals surface area contributed by atoms with Crippen molar-refractivity contribution >= 4 is 59.4 Å². The van der Waals surface area contributed by atoms with Gasteiger partial charge in [-0.05, 0) is 53.9 Å². The van der Waals surface area contributed by atoms with Crippen LogP contribution in [0.25, 0.3) is 0 Å². The third-order valence-electron chi connectivity index (χ3n) is 4.13. The number of fused-ring (bicyclic) bond motifs is 1. The Morgan fingerprint density at radius 2 is 2.05 bits per heavy atom. The molecule has 2 unspecified atom stereocenters. The van der Waals surface area contributed by atoms with Gasteiger partial charge in [-0.1, -0.05) is 31.9 Å². The Morgan fingerprint density at radius 3 is 2.55 bits per heavy atom. The Morgan fingerprint density at radius 1 is 1.36 bits per heavy atom. The maximum absolute atomic E-state index is 11.9. The van der Waals surface area contributed by atoms with Crippen molar-refractivity contribution in [2.45, 2.75) is 38.3 Å². The highest BCUT2D eigenvalue weighted by molar-refractivity contribution is 9.10. The largest absolute Gasteiger partial charge is 0.465 e. The average molecular weight is 498 g/mol. The highest BCUT2D eigenvalue weighted by Gasteiger charge is 2.40. The summed E-state index contributed by atoms with van der Waals surface area (Å²) in [5, 5.41) is 1.84. The minimum Gasteiger partial charge on any atom is -0.465 e. The molecule has 0 radical (unpaired) electrons. The van der Waals surface area contributed by atoms with Crippen LogP contribution in [0.1, 0.15) is 42.1 Å². The number of carbonyl (C=O) groups is 1. The maximum atomic E-state index is 11.9. The maximum Gasteiger partial charge on any atom is 0.337 e. The van der Waals surface area contributed by atoms with Crippen molar-refractivity contribution in [1.29, 1.82) is 0 Å². The Hall–Kier alpha value is -0.0700. The third-order valence-corrected chi connectivity index (χ3v) is 5.85. The number of benzene rings is 1. The van der Waals surface area contributed by atoms with E-state index in [0.717, 1.165) is 21.6 Å². The summed E-state index contributed by atoms with van der Waals surface area (Å²) in [5.41, 5.74) is 3.04. The van der Waals surface area contributed by atoms with Gasteiger partial charge in [0.25, 0.3) is 0 Å². The lowest BCUT2D eigenvalue weighted by atomic mass is 9.92. The quantitative estimate of drug-likeness (QED) is 0.419. The molecule has 0 saturated heterocycles. The van der Waals surface area contributed by atoms with Crippen LogP contribution in [0.2, 0.25) is 0 Å². The second-order valence-electron chi connectivity index (χ2n) is 5.69. The fourth-order valence-corrected chi connectivity index (χ4v) is 5.20. The van der Waals surface area contributed by atoms with Crippen LogP contribution in [-0.4, -0.2) is 35.8 Å². The molecule has 0 spiro atoms. The van der Waals surface area contributed by atoms with E-state index >= 15 is 0 Å². The summed E-state index contributed by atoms with van der Waals surface area (Å²) < 4.78 is 5.84. The number of alkyl halides is 2. The molecule has 3 nitrogen and oxygen atoms in total. The molecule has 0 amide bonds. The van der Waals surface area contributed by atoms with Crippen LogP contribution in [0.15, 0.2) is 16.6 Å². The van der Waals surface area contributed by atoms with Gasteiger partial charge in [0.15, 0.2) is 0 Å². The summed E-state index contributed by atoms with van der Waals surface area (Å²) in [6.07, 6.45) is 1.03. The topological polar surface area (TPSA) is 29.5 Å². The molecule has 2 rings (SSSR count). The fraction of sp³-hybridized carbons (Fsp3) is 0.562. The SMILES string of the molecule is COC(=O)c1cc(Br)c2c(c1)C(CCBr)C(CBr)N2C(C)C. The minimum atomic E-state index is -0.292. The van der Waals surface area contributed by atoms with Gasteiger partial charge in [0, 0.05) is 33.1 Å². The van der Waals surface area contributed by atoms with Crippen molar-refractivity contribution < 1.29 is 9.53 Å². The van der Waals surface area contributed by atoms with Crippen molar-refractivity contribution in [1.82, 2.24) is 0 Å². The molecule has 1 aromatic carbocycles. The zero-order valence-corrected chi connectivity index (χ0v) is 17.7. The summed E-state index contributed by atoms with van der Waals surface area (Å²) >= 11 is 10.9. The molecule has 0 saturated carbocycles. The van der Waals surface area contributed by atoms with Gasteiger partial charge in [0.05, 0.1) is 18.4 Å². The number of ether oxygens (including phenoxy) is 1. The van der Waals surface area contributed by atoms with E-state index in [0.29, 0.717) is 23.6 Å². The molecule has 122 valence electrons. The van der Waals surface area contributed by atoms with Gasteiger partial charge in [0.1, 0.15) is 0 Å². The Balaban J connectivity index is 2.60. The number of anilines is 1. The molecular weight excluding hydrogens is 478 g/mol. The molecule has 1 heterocycles. The van der Waals surface area contributed by atoms with Crippen LogP contribution in [0.3, 0.4) is 0 Å². The van der Waals surface area contributed by atoms with E-state index in [1.54, 1.807) is 0 Å². The van der Waals surface area contributed by atoms with Crippen LogP contribution in [0.4, 0.5) is 5.69 Å². The molecule has 0 bridgehead atoms. The van der Waals surface area contributed by atoms with E-state index in [1.807, 2.05) is 12.1 Å². The standard InChI is InChI=1S/C16H20Br3NO2/c1-9(2)20-14(8-18)11(4-5-17)12-6-10(16(21)22-3)7-13(19)15(12)20/h6-7,9,11,14H,4-5,8H2,1-3H3. The highest BCUT2D eigenvalue weighted by atomic mass is 79.9. The van der Waals surface area contributed by atoms with Crippen LogP contribution in [0, 0.1) is 0 Å². The molecule has 1 aliphatic heterocycles. The zero-order valence-electron chi connectivity index (χ0n) is 12.9. The van der Waals surface area contributed by atoms with Gasteiger partial charge in [0.2, 0.25) is 0 Å². The molecule has 2 atom stereocenters. The van der Waals surface area contributed by atoms with Gasteiger partial charge in [-0.2, -0.15) is 0 Å². The number of esters is 1. The van der Waals surface area contributed by atoms with Crippen LogP contribution >= 0.6 is 47.8 Å². The predicted octanol–water partition coefficient (Wildman–Crippen LogP) is 5.10. The second-order valence-corrected chi connectivity index (χ2v) is 7.99. The van der Waals surface area contributed by atoms with E-state index in [-0.39, 0.29) is 5.97 Å². The van der Waals surface area contributed by atoms with Crippen LogP contribution in [0.5, 0.6) is 0 Å².